The van der Waals surface area contributed by atoms with Gasteiger partial charge >= 0.3 is 0 Å². The van der Waals surface area contributed by atoms with Crippen molar-refractivity contribution in [1.82, 2.24) is 5.32 Å². The summed E-state index contributed by atoms with van der Waals surface area (Å²) in [6.45, 7) is 5.78. The molecule has 0 fully saturated rings. The summed E-state index contributed by atoms with van der Waals surface area (Å²) in [5, 5.41) is 2.75. The summed E-state index contributed by atoms with van der Waals surface area (Å²) in [6, 6.07) is 7.86. The second-order valence-electron chi connectivity index (χ2n) is 2.81. The molecule has 2 heteroatoms. The van der Waals surface area contributed by atoms with Crippen molar-refractivity contribution >= 4 is 12.0 Å². The molecule has 1 aromatic carbocycles. The Labute approximate surface area is 78.3 Å². The Hall–Kier alpha value is -1.57. The molecule has 0 unspecified atom stereocenters. The summed E-state index contributed by atoms with van der Waals surface area (Å²) in [7, 11) is 0. The lowest BCUT2D eigenvalue weighted by Gasteiger charge is -2.05. The van der Waals surface area contributed by atoms with E-state index in [9.17, 15) is 4.79 Å². The number of hydrogen-bond acceptors (Lipinski definition) is 1. The van der Waals surface area contributed by atoms with Gasteiger partial charge in [-0.05, 0) is 11.1 Å². The molecule has 0 radical (unpaired) electrons. The topological polar surface area (TPSA) is 29.1 Å². The Bertz CT molecular complexity index is 318. The van der Waals surface area contributed by atoms with Gasteiger partial charge in [-0.3, -0.25) is 4.79 Å². The van der Waals surface area contributed by atoms with Crippen molar-refractivity contribution in [3.05, 3.63) is 42.0 Å². The van der Waals surface area contributed by atoms with E-state index in [0.717, 1.165) is 11.1 Å². The number of carbonyl (C=O) groups excluding carboxylic acids is 1. The predicted octanol–water partition coefficient (Wildman–Crippen LogP) is 1.97. The zero-order valence-corrected chi connectivity index (χ0v) is 7.71. The van der Waals surface area contributed by atoms with E-state index in [1.807, 2.05) is 24.3 Å². The van der Waals surface area contributed by atoms with Crippen LogP contribution >= 0.6 is 0 Å². The van der Waals surface area contributed by atoms with Gasteiger partial charge in [0.2, 0.25) is 5.91 Å². The minimum absolute atomic E-state index is 0.0149. The van der Waals surface area contributed by atoms with Crippen LogP contribution in [0.3, 0.4) is 0 Å². The molecule has 68 valence electrons. The average Bonchev–Trinajstić information content (AvgIpc) is 2.15. The molecule has 13 heavy (non-hydrogen) atoms. The lowest BCUT2D eigenvalue weighted by atomic mass is 10.1. The van der Waals surface area contributed by atoms with Gasteiger partial charge in [-0.15, -0.1) is 0 Å². The number of carbonyl (C=O) groups is 1. The van der Waals surface area contributed by atoms with Crippen LogP contribution in [0.2, 0.25) is 0 Å². The summed E-state index contributed by atoms with van der Waals surface area (Å²) in [6.07, 6.45) is 1.79. The standard InChI is InChI=1S/C11H13NO/c1-3-10-6-4-5-7-11(10)8-12-9(2)13/h3-7H,1,8H2,2H3,(H,12,13). The van der Waals surface area contributed by atoms with Gasteiger partial charge in [-0.25, -0.2) is 0 Å². The first-order valence-electron chi connectivity index (χ1n) is 4.19. The van der Waals surface area contributed by atoms with E-state index in [0.29, 0.717) is 6.54 Å². The van der Waals surface area contributed by atoms with Crippen molar-refractivity contribution in [2.45, 2.75) is 13.5 Å². The number of hydrogen-bond donors (Lipinski definition) is 1. The van der Waals surface area contributed by atoms with Gasteiger partial charge in [0.05, 0.1) is 0 Å². The maximum atomic E-state index is 10.7. The Kier molecular flexibility index (Phi) is 3.26. The monoisotopic (exact) mass is 175 g/mol. The van der Waals surface area contributed by atoms with Crippen LogP contribution in [0.4, 0.5) is 0 Å². The second-order valence-corrected chi connectivity index (χ2v) is 2.81. The zero-order chi connectivity index (χ0) is 9.68. The van der Waals surface area contributed by atoms with Crippen molar-refractivity contribution in [3.8, 4) is 0 Å². The fraction of sp³-hybridized carbons (Fsp3) is 0.182. The lowest BCUT2D eigenvalue weighted by Crippen LogP contribution is -2.19. The molecule has 0 saturated heterocycles. The highest BCUT2D eigenvalue weighted by atomic mass is 16.1. The fourth-order valence-corrected chi connectivity index (χ4v) is 1.11. The zero-order valence-electron chi connectivity index (χ0n) is 7.71. The Morgan fingerprint density at radius 2 is 2.23 bits per heavy atom. The maximum Gasteiger partial charge on any atom is 0.217 e. The first-order chi connectivity index (χ1) is 6.24. The van der Waals surface area contributed by atoms with Gasteiger partial charge in [0.25, 0.3) is 0 Å². The van der Waals surface area contributed by atoms with Crippen LogP contribution < -0.4 is 5.32 Å². The van der Waals surface area contributed by atoms with E-state index in [-0.39, 0.29) is 5.91 Å². The molecule has 0 aliphatic rings. The maximum absolute atomic E-state index is 10.7. The van der Waals surface area contributed by atoms with Crippen LogP contribution in [0.5, 0.6) is 0 Å². The normalized spacial score (nSPS) is 9.31. The number of rotatable bonds is 3. The molecule has 0 saturated carbocycles. The van der Waals surface area contributed by atoms with E-state index in [1.165, 1.54) is 6.92 Å². The number of nitrogens with one attached hydrogen (secondary N) is 1. The van der Waals surface area contributed by atoms with Gasteiger partial charge in [0, 0.05) is 13.5 Å². The molecule has 0 atom stereocenters. The summed E-state index contributed by atoms with van der Waals surface area (Å²) in [4.78, 5) is 10.7. The van der Waals surface area contributed by atoms with Crippen molar-refractivity contribution in [3.63, 3.8) is 0 Å². The first kappa shape index (κ1) is 9.52. The average molecular weight is 175 g/mol. The molecule has 1 N–H and O–H groups in total. The molecule has 1 aromatic rings. The number of amides is 1. The van der Waals surface area contributed by atoms with Crippen molar-refractivity contribution < 1.29 is 4.79 Å². The molecular formula is C11H13NO. The molecule has 2 nitrogen and oxygen atoms in total. The molecule has 1 amide bonds. The van der Waals surface area contributed by atoms with E-state index in [4.69, 9.17) is 0 Å². The van der Waals surface area contributed by atoms with E-state index in [2.05, 4.69) is 11.9 Å². The van der Waals surface area contributed by atoms with Crippen molar-refractivity contribution in [1.29, 1.82) is 0 Å². The summed E-state index contributed by atoms with van der Waals surface area (Å²) < 4.78 is 0. The van der Waals surface area contributed by atoms with Crippen LogP contribution in [0.1, 0.15) is 18.1 Å². The van der Waals surface area contributed by atoms with Crippen LogP contribution in [0.15, 0.2) is 30.8 Å². The van der Waals surface area contributed by atoms with Crippen LogP contribution in [-0.4, -0.2) is 5.91 Å². The lowest BCUT2D eigenvalue weighted by molar-refractivity contribution is -0.119. The quantitative estimate of drug-likeness (QED) is 0.747. The summed E-state index contributed by atoms with van der Waals surface area (Å²) in [5.41, 5.74) is 2.16. The minimum atomic E-state index is -0.0149. The highest BCUT2D eigenvalue weighted by Crippen LogP contribution is 2.09. The molecule has 0 aliphatic heterocycles. The third kappa shape index (κ3) is 2.75. The number of benzene rings is 1. The van der Waals surface area contributed by atoms with Gasteiger partial charge in [0.1, 0.15) is 0 Å². The van der Waals surface area contributed by atoms with E-state index >= 15 is 0 Å². The molecule has 0 bridgehead atoms. The van der Waals surface area contributed by atoms with Crippen LogP contribution in [-0.2, 0) is 11.3 Å². The van der Waals surface area contributed by atoms with E-state index < -0.39 is 0 Å². The van der Waals surface area contributed by atoms with Crippen molar-refractivity contribution in [2.24, 2.45) is 0 Å². The summed E-state index contributed by atoms with van der Waals surface area (Å²) in [5.74, 6) is -0.0149. The smallest absolute Gasteiger partial charge is 0.217 e. The highest BCUT2D eigenvalue weighted by Gasteiger charge is 1.97. The van der Waals surface area contributed by atoms with Gasteiger partial charge < -0.3 is 5.32 Å². The van der Waals surface area contributed by atoms with Gasteiger partial charge in [-0.2, -0.15) is 0 Å². The Balaban J connectivity index is 2.75. The molecule has 0 heterocycles. The molecular weight excluding hydrogens is 162 g/mol. The molecule has 0 spiro atoms. The summed E-state index contributed by atoms with van der Waals surface area (Å²) >= 11 is 0. The Morgan fingerprint density at radius 1 is 1.54 bits per heavy atom. The van der Waals surface area contributed by atoms with Crippen LogP contribution in [0, 0.1) is 0 Å². The van der Waals surface area contributed by atoms with Gasteiger partial charge in [-0.1, -0.05) is 36.9 Å². The third-order valence-corrected chi connectivity index (χ3v) is 1.80. The second kappa shape index (κ2) is 4.45. The first-order valence-corrected chi connectivity index (χ1v) is 4.19. The fourth-order valence-electron chi connectivity index (χ4n) is 1.11. The molecule has 0 aromatic heterocycles. The van der Waals surface area contributed by atoms with E-state index in [1.54, 1.807) is 6.08 Å². The predicted molar refractivity (Wildman–Crippen MR) is 54.1 cm³/mol. The van der Waals surface area contributed by atoms with Crippen molar-refractivity contribution in [2.75, 3.05) is 0 Å². The molecule has 0 aliphatic carbocycles. The Morgan fingerprint density at radius 3 is 2.85 bits per heavy atom. The highest BCUT2D eigenvalue weighted by molar-refractivity contribution is 5.73. The SMILES string of the molecule is C=Cc1ccccc1CNC(C)=O. The largest absolute Gasteiger partial charge is 0.352 e. The van der Waals surface area contributed by atoms with Gasteiger partial charge in [0.15, 0.2) is 0 Å². The van der Waals surface area contributed by atoms with Crippen LogP contribution in [0.25, 0.3) is 6.08 Å². The minimum Gasteiger partial charge on any atom is -0.352 e. The molecule has 1 rings (SSSR count). The third-order valence-electron chi connectivity index (χ3n) is 1.80.